The standard InChI is InChI=1S/C31H33N3O3/c1-4-36-29-19-30-27(28(21-37-30)25-7-5-22(2)6-8-25)18-26(29)23(3)17-31(35)34-15-13-33(14-16-34)20-24-9-11-32-12-10-24/h5-12,17-19,21H,4,13-16,20H2,1-3H3/b23-17+. The van der Waals surface area contributed by atoms with Crippen LogP contribution in [0.3, 0.4) is 0 Å². The van der Waals surface area contributed by atoms with E-state index in [2.05, 4.69) is 47.1 Å². The third-order valence-electron chi connectivity index (χ3n) is 6.94. The molecule has 0 N–H and O–H groups in total. The van der Waals surface area contributed by atoms with Gasteiger partial charge in [0, 0.05) is 73.8 Å². The molecule has 2 aromatic heterocycles. The lowest BCUT2D eigenvalue weighted by molar-refractivity contribution is -0.127. The van der Waals surface area contributed by atoms with E-state index in [0.717, 1.165) is 58.6 Å². The van der Waals surface area contributed by atoms with Crippen molar-refractivity contribution in [1.29, 1.82) is 0 Å². The molecule has 1 aliphatic heterocycles. The van der Waals surface area contributed by atoms with Gasteiger partial charge in [-0.2, -0.15) is 0 Å². The predicted octanol–water partition coefficient (Wildman–Crippen LogP) is 5.95. The van der Waals surface area contributed by atoms with Crippen LogP contribution in [0.2, 0.25) is 0 Å². The zero-order chi connectivity index (χ0) is 25.8. The van der Waals surface area contributed by atoms with Crippen molar-refractivity contribution < 1.29 is 13.9 Å². The molecule has 1 fully saturated rings. The second-order valence-corrected chi connectivity index (χ2v) is 9.58. The maximum absolute atomic E-state index is 13.2. The van der Waals surface area contributed by atoms with Crippen molar-refractivity contribution in [3.63, 3.8) is 0 Å². The molecule has 5 rings (SSSR count). The summed E-state index contributed by atoms with van der Waals surface area (Å²) in [5, 5.41) is 1.01. The summed E-state index contributed by atoms with van der Waals surface area (Å²) < 4.78 is 11.9. The van der Waals surface area contributed by atoms with Gasteiger partial charge in [0.1, 0.15) is 11.3 Å². The fourth-order valence-corrected chi connectivity index (χ4v) is 4.82. The third-order valence-corrected chi connectivity index (χ3v) is 6.94. The highest BCUT2D eigenvalue weighted by atomic mass is 16.5. The Labute approximate surface area is 218 Å². The summed E-state index contributed by atoms with van der Waals surface area (Å²) in [6.07, 6.45) is 7.19. The number of piperazine rings is 1. The lowest BCUT2D eigenvalue weighted by Gasteiger charge is -2.34. The molecule has 0 bridgehead atoms. The van der Waals surface area contributed by atoms with Crippen LogP contribution in [-0.4, -0.2) is 53.5 Å². The summed E-state index contributed by atoms with van der Waals surface area (Å²) in [6.45, 7) is 10.6. The normalized spacial score (nSPS) is 14.8. The van der Waals surface area contributed by atoms with E-state index in [9.17, 15) is 4.79 Å². The van der Waals surface area contributed by atoms with Crippen LogP contribution in [0, 0.1) is 6.92 Å². The highest BCUT2D eigenvalue weighted by Crippen LogP contribution is 2.37. The summed E-state index contributed by atoms with van der Waals surface area (Å²) in [5.41, 5.74) is 7.15. The molecular weight excluding hydrogens is 462 g/mol. The molecule has 37 heavy (non-hydrogen) atoms. The average molecular weight is 496 g/mol. The van der Waals surface area contributed by atoms with Gasteiger partial charge in [-0.1, -0.05) is 29.8 Å². The van der Waals surface area contributed by atoms with E-state index in [-0.39, 0.29) is 5.91 Å². The summed E-state index contributed by atoms with van der Waals surface area (Å²) in [6, 6.07) is 16.5. The van der Waals surface area contributed by atoms with Crippen LogP contribution in [0.5, 0.6) is 5.75 Å². The second-order valence-electron chi connectivity index (χ2n) is 9.58. The number of carbonyl (C=O) groups is 1. The number of allylic oxidation sites excluding steroid dienone is 1. The third kappa shape index (κ3) is 5.59. The van der Waals surface area contributed by atoms with Crippen molar-refractivity contribution in [1.82, 2.24) is 14.8 Å². The number of aromatic nitrogens is 1. The quantitative estimate of drug-likeness (QED) is 0.297. The lowest BCUT2D eigenvalue weighted by Crippen LogP contribution is -2.47. The zero-order valence-corrected chi connectivity index (χ0v) is 21.7. The van der Waals surface area contributed by atoms with Gasteiger partial charge in [-0.15, -0.1) is 0 Å². The van der Waals surface area contributed by atoms with Crippen molar-refractivity contribution in [2.75, 3.05) is 32.8 Å². The fraction of sp³-hybridized carbons (Fsp3) is 0.290. The van der Waals surface area contributed by atoms with E-state index in [1.807, 2.05) is 49.3 Å². The Morgan fingerprint density at radius 2 is 1.78 bits per heavy atom. The molecule has 1 saturated heterocycles. The first kappa shape index (κ1) is 24.8. The summed E-state index contributed by atoms with van der Waals surface area (Å²) in [4.78, 5) is 21.6. The van der Waals surface area contributed by atoms with E-state index in [0.29, 0.717) is 19.7 Å². The predicted molar refractivity (Wildman–Crippen MR) is 147 cm³/mol. The maximum atomic E-state index is 13.2. The maximum Gasteiger partial charge on any atom is 0.246 e. The molecule has 0 radical (unpaired) electrons. The van der Waals surface area contributed by atoms with Crippen molar-refractivity contribution in [2.45, 2.75) is 27.3 Å². The summed E-state index contributed by atoms with van der Waals surface area (Å²) >= 11 is 0. The average Bonchev–Trinajstić information content (AvgIpc) is 3.32. The molecule has 190 valence electrons. The van der Waals surface area contributed by atoms with Gasteiger partial charge in [-0.25, -0.2) is 0 Å². The zero-order valence-electron chi connectivity index (χ0n) is 21.7. The van der Waals surface area contributed by atoms with Gasteiger partial charge >= 0.3 is 0 Å². The van der Waals surface area contributed by atoms with E-state index in [1.165, 1.54) is 11.1 Å². The second kappa shape index (κ2) is 11.0. The molecule has 2 aromatic carbocycles. The van der Waals surface area contributed by atoms with Crippen molar-refractivity contribution in [3.8, 4) is 16.9 Å². The van der Waals surface area contributed by atoms with Crippen LogP contribution in [0.1, 0.15) is 30.5 Å². The molecule has 0 atom stereocenters. The van der Waals surface area contributed by atoms with Gasteiger partial charge in [0.2, 0.25) is 5.91 Å². The summed E-state index contributed by atoms with van der Waals surface area (Å²) in [7, 11) is 0. The molecule has 0 aliphatic carbocycles. The Kier molecular flexibility index (Phi) is 7.37. The number of furan rings is 1. The molecule has 0 spiro atoms. The topological polar surface area (TPSA) is 58.8 Å². The Bertz CT molecular complexity index is 1400. The molecule has 1 amide bonds. The Hall–Kier alpha value is -3.90. The van der Waals surface area contributed by atoms with Crippen LogP contribution in [0.4, 0.5) is 0 Å². The summed E-state index contributed by atoms with van der Waals surface area (Å²) in [5.74, 6) is 0.762. The number of carbonyl (C=O) groups excluding carboxylic acids is 1. The van der Waals surface area contributed by atoms with Crippen LogP contribution >= 0.6 is 0 Å². The first-order chi connectivity index (χ1) is 18.0. The highest BCUT2D eigenvalue weighted by molar-refractivity contribution is 6.00. The molecule has 3 heterocycles. The van der Waals surface area contributed by atoms with Gasteiger partial charge in [0.25, 0.3) is 0 Å². The number of benzene rings is 2. The number of hydrogen-bond acceptors (Lipinski definition) is 5. The first-order valence-corrected chi connectivity index (χ1v) is 12.9. The number of pyridine rings is 1. The minimum atomic E-state index is 0.0366. The molecule has 0 unspecified atom stereocenters. The van der Waals surface area contributed by atoms with Crippen LogP contribution in [0.15, 0.2) is 77.7 Å². The van der Waals surface area contributed by atoms with Gasteiger partial charge in [0.15, 0.2) is 0 Å². The largest absolute Gasteiger partial charge is 0.493 e. The van der Waals surface area contributed by atoms with Crippen molar-refractivity contribution in [2.24, 2.45) is 0 Å². The van der Waals surface area contributed by atoms with E-state index >= 15 is 0 Å². The number of ether oxygens (including phenoxy) is 1. The van der Waals surface area contributed by atoms with Crippen molar-refractivity contribution >= 4 is 22.4 Å². The molecule has 1 aliphatic rings. The smallest absolute Gasteiger partial charge is 0.246 e. The fourth-order valence-electron chi connectivity index (χ4n) is 4.82. The number of amides is 1. The molecule has 0 saturated carbocycles. The molecular formula is C31H33N3O3. The SMILES string of the molecule is CCOc1cc2occ(-c3ccc(C)cc3)c2cc1/C(C)=C/C(=O)N1CCN(Cc2ccncc2)CC1. The van der Waals surface area contributed by atoms with Gasteiger partial charge in [0.05, 0.1) is 12.9 Å². The van der Waals surface area contributed by atoms with E-state index in [4.69, 9.17) is 9.15 Å². The van der Waals surface area contributed by atoms with E-state index in [1.54, 1.807) is 12.3 Å². The molecule has 6 nitrogen and oxygen atoms in total. The van der Waals surface area contributed by atoms with Crippen molar-refractivity contribution in [3.05, 3.63) is 90.0 Å². The minimum absolute atomic E-state index is 0.0366. The van der Waals surface area contributed by atoms with Gasteiger partial charge in [-0.05, 0) is 55.7 Å². The number of nitrogens with zero attached hydrogens (tertiary/aromatic N) is 3. The minimum Gasteiger partial charge on any atom is -0.493 e. The van der Waals surface area contributed by atoms with Gasteiger partial charge < -0.3 is 14.1 Å². The molecule has 6 heteroatoms. The highest BCUT2D eigenvalue weighted by Gasteiger charge is 2.21. The Morgan fingerprint density at radius 1 is 1.05 bits per heavy atom. The number of rotatable bonds is 7. The van der Waals surface area contributed by atoms with Crippen LogP contribution < -0.4 is 4.74 Å². The number of aryl methyl sites for hydroxylation is 1. The monoisotopic (exact) mass is 495 g/mol. The van der Waals surface area contributed by atoms with E-state index < -0.39 is 0 Å². The first-order valence-electron chi connectivity index (χ1n) is 12.9. The number of hydrogen-bond donors (Lipinski definition) is 0. The number of fused-ring (bicyclic) bond motifs is 1. The van der Waals surface area contributed by atoms with Crippen LogP contribution in [0.25, 0.3) is 27.7 Å². The Morgan fingerprint density at radius 3 is 2.49 bits per heavy atom. The van der Waals surface area contributed by atoms with Gasteiger partial charge in [-0.3, -0.25) is 14.7 Å². The van der Waals surface area contributed by atoms with Crippen LogP contribution in [-0.2, 0) is 11.3 Å². The Balaban J connectivity index is 1.35. The lowest BCUT2D eigenvalue weighted by atomic mass is 9.98. The molecule has 4 aromatic rings.